The van der Waals surface area contributed by atoms with Crippen molar-refractivity contribution < 1.29 is 19.1 Å². The van der Waals surface area contributed by atoms with Crippen LogP contribution in [0.25, 0.3) is 0 Å². The predicted octanol–water partition coefficient (Wildman–Crippen LogP) is 0.804. The summed E-state index contributed by atoms with van der Waals surface area (Å²) < 4.78 is 10.3. The average Bonchev–Trinajstić information content (AvgIpc) is 3.29. The molecule has 0 aromatic heterocycles. The zero-order valence-electron chi connectivity index (χ0n) is 11.6. The quantitative estimate of drug-likeness (QED) is 0.781. The van der Waals surface area contributed by atoms with Crippen LogP contribution in [0.2, 0.25) is 0 Å². The third-order valence-corrected chi connectivity index (χ3v) is 3.09. The minimum atomic E-state index is -0.272. The van der Waals surface area contributed by atoms with Gasteiger partial charge in [0.2, 0.25) is 11.8 Å². The molecule has 1 fully saturated rings. The molecule has 1 saturated carbocycles. The molecule has 108 valence electrons. The monoisotopic (exact) mass is 278 g/mol. The predicted molar refractivity (Wildman–Crippen MR) is 72.3 cm³/mol. The van der Waals surface area contributed by atoms with Gasteiger partial charge in [0.05, 0.1) is 20.6 Å². The molecule has 20 heavy (non-hydrogen) atoms. The van der Waals surface area contributed by atoms with Crippen LogP contribution in [0.5, 0.6) is 11.5 Å². The molecular weight excluding hydrogens is 260 g/mol. The van der Waals surface area contributed by atoms with Gasteiger partial charge in [-0.15, -0.1) is 0 Å². The van der Waals surface area contributed by atoms with E-state index >= 15 is 0 Å². The molecule has 0 aliphatic heterocycles. The first-order valence-electron chi connectivity index (χ1n) is 6.43. The minimum Gasteiger partial charge on any atom is -0.493 e. The van der Waals surface area contributed by atoms with Crippen molar-refractivity contribution in [3.8, 4) is 11.5 Å². The maximum absolute atomic E-state index is 11.7. The number of rotatable bonds is 5. The lowest BCUT2D eigenvalue weighted by Gasteiger charge is -2.10. The molecule has 0 saturated heterocycles. The lowest BCUT2D eigenvalue weighted by Crippen LogP contribution is -2.43. The maximum atomic E-state index is 11.7. The second kappa shape index (κ2) is 6.27. The standard InChI is InChI=1S/C14H18N2O4/c1-19-11-6-3-9(7-12(11)20-2)8-13(17)15-16-14(18)10-4-5-10/h3,6-7,10H,4-5,8H2,1-2H3,(H,15,17)(H,16,18). The second-order valence-corrected chi connectivity index (χ2v) is 4.68. The summed E-state index contributed by atoms with van der Waals surface area (Å²) in [5.41, 5.74) is 5.61. The SMILES string of the molecule is COc1ccc(CC(=O)NNC(=O)C2CC2)cc1OC. The molecule has 0 radical (unpaired) electrons. The summed E-state index contributed by atoms with van der Waals surface area (Å²) in [6, 6.07) is 5.26. The van der Waals surface area contributed by atoms with Crippen LogP contribution < -0.4 is 20.3 Å². The highest BCUT2D eigenvalue weighted by molar-refractivity contribution is 5.85. The van der Waals surface area contributed by atoms with E-state index in [1.54, 1.807) is 25.3 Å². The Bertz CT molecular complexity index is 512. The van der Waals surface area contributed by atoms with E-state index in [1.165, 1.54) is 7.11 Å². The molecule has 1 aromatic rings. The fourth-order valence-electron chi connectivity index (χ4n) is 1.80. The molecular formula is C14H18N2O4. The first-order valence-corrected chi connectivity index (χ1v) is 6.43. The molecule has 2 rings (SSSR count). The third kappa shape index (κ3) is 3.63. The summed E-state index contributed by atoms with van der Waals surface area (Å²) in [4.78, 5) is 23.1. The topological polar surface area (TPSA) is 76.7 Å². The lowest BCUT2D eigenvalue weighted by atomic mass is 10.1. The van der Waals surface area contributed by atoms with E-state index in [1.807, 2.05) is 0 Å². The summed E-state index contributed by atoms with van der Waals surface area (Å²) >= 11 is 0. The average molecular weight is 278 g/mol. The van der Waals surface area contributed by atoms with Crippen LogP contribution in [0.3, 0.4) is 0 Å². The number of carbonyl (C=O) groups is 2. The number of hydrazine groups is 1. The van der Waals surface area contributed by atoms with Crippen molar-refractivity contribution in [2.75, 3.05) is 14.2 Å². The van der Waals surface area contributed by atoms with Crippen molar-refractivity contribution in [3.05, 3.63) is 23.8 Å². The van der Waals surface area contributed by atoms with E-state index in [0.717, 1.165) is 18.4 Å². The summed E-state index contributed by atoms with van der Waals surface area (Å²) in [7, 11) is 3.09. The minimum absolute atomic E-state index is 0.0661. The van der Waals surface area contributed by atoms with Gasteiger partial charge in [-0.3, -0.25) is 20.4 Å². The fourth-order valence-corrected chi connectivity index (χ4v) is 1.80. The van der Waals surface area contributed by atoms with Gasteiger partial charge in [0.25, 0.3) is 0 Å². The lowest BCUT2D eigenvalue weighted by molar-refractivity contribution is -0.129. The van der Waals surface area contributed by atoms with Gasteiger partial charge in [0, 0.05) is 5.92 Å². The van der Waals surface area contributed by atoms with Crippen molar-refractivity contribution in [1.29, 1.82) is 0 Å². The number of amides is 2. The number of methoxy groups -OCH3 is 2. The zero-order chi connectivity index (χ0) is 14.5. The van der Waals surface area contributed by atoms with E-state index in [9.17, 15) is 9.59 Å². The van der Waals surface area contributed by atoms with Gasteiger partial charge in [-0.25, -0.2) is 0 Å². The largest absolute Gasteiger partial charge is 0.493 e. The van der Waals surface area contributed by atoms with Crippen LogP contribution in [-0.4, -0.2) is 26.0 Å². The Labute approximate surface area is 117 Å². The number of carbonyl (C=O) groups excluding carboxylic acids is 2. The summed E-state index contributed by atoms with van der Waals surface area (Å²) in [5, 5.41) is 0. The molecule has 0 atom stereocenters. The van der Waals surface area contributed by atoms with Crippen molar-refractivity contribution in [2.45, 2.75) is 19.3 Å². The van der Waals surface area contributed by atoms with E-state index in [-0.39, 0.29) is 24.2 Å². The Morgan fingerprint density at radius 1 is 1.15 bits per heavy atom. The summed E-state index contributed by atoms with van der Waals surface area (Å²) in [6.07, 6.45) is 1.96. The van der Waals surface area contributed by atoms with Crippen molar-refractivity contribution in [1.82, 2.24) is 10.9 Å². The second-order valence-electron chi connectivity index (χ2n) is 4.68. The number of nitrogens with one attached hydrogen (secondary N) is 2. The van der Waals surface area contributed by atoms with Crippen LogP contribution in [0.1, 0.15) is 18.4 Å². The Morgan fingerprint density at radius 3 is 2.45 bits per heavy atom. The summed E-state index contributed by atoms with van der Waals surface area (Å²) in [5.74, 6) is 0.853. The van der Waals surface area contributed by atoms with Gasteiger partial charge in [-0.2, -0.15) is 0 Å². The van der Waals surface area contributed by atoms with Crippen LogP contribution in [0, 0.1) is 5.92 Å². The number of ether oxygens (including phenoxy) is 2. The van der Waals surface area contributed by atoms with Crippen LogP contribution in [0.15, 0.2) is 18.2 Å². The van der Waals surface area contributed by atoms with Gasteiger partial charge >= 0.3 is 0 Å². The molecule has 6 heteroatoms. The molecule has 1 aliphatic rings. The molecule has 2 amide bonds. The van der Waals surface area contributed by atoms with Gasteiger partial charge in [-0.05, 0) is 30.5 Å². The third-order valence-electron chi connectivity index (χ3n) is 3.09. The summed E-state index contributed by atoms with van der Waals surface area (Å²) in [6.45, 7) is 0. The maximum Gasteiger partial charge on any atom is 0.242 e. The van der Waals surface area contributed by atoms with E-state index in [0.29, 0.717) is 11.5 Å². The highest BCUT2D eigenvalue weighted by Crippen LogP contribution is 2.28. The van der Waals surface area contributed by atoms with E-state index in [4.69, 9.17) is 9.47 Å². The molecule has 1 aromatic carbocycles. The molecule has 6 nitrogen and oxygen atoms in total. The van der Waals surface area contributed by atoms with Crippen molar-refractivity contribution >= 4 is 11.8 Å². The van der Waals surface area contributed by atoms with Gasteiger partial charge in [-0.1, -0.05) is 6.07 Å². The van der Waals surface area contributed by atoms with Gasteiger partial charge < -0.3 is 9.47 Å². The Kier molecular flexibility index (Phi) is 4.45. The number of hydrogen-bond donors (Lipinski definition) is 2. The number of benzene rings is 1. The van der Waals surface area contributed by atoms with Gasteiger partial charge in [0.15, 0.2) is 11.5 Å². The highest BCUT2D eigenvalue weighted by atomic mass is 16.5. The fraction of sp³-hybridized carbons (Fsp3) is 0.429. The van der Waals surface area contributed by atoms with Crippen LogP contribution in [0.4, 0.5) is 0 Å². The van der Waals surface area contributed by atoms with Gasteiger partial charge in [0.1, 0.15) is 0 Å². The smallest absolute Gasteiger partial charge is 0.242 e. The molecule has 0 bridgehead atoms. The van der Waals surface area contributed by atoms with Crippen LogP contribution >= 0.6 is 0 Å². The van der Waals surface area contributed by atoms with E-state index < -0.39 is 0 Å². The Balaban J connectivity index is 1.88. The van der Waals surface area contributed by atoms with E-state index in [2.05, 4.69) is 10.9 Å². The molecule has 0 heterocycles. The van der Waals surface area contributed by atoms with Crippen LogP contribution in [-0.2, 0) is 16.0 Å². The Hall–Kier alpha value is -2.24. The normalized spacial score (nSPS) is 13.5. The zero-order valence-corrected chi connectivity index (χ0v) is 11.6. The molecule has 0 spiro atoms. The highest BCUT2D eigenvalue weighted by Gasteiger charge is 2.29. The Morgan fingerprint density at radius 2 is 1.85 bits per heavy atom. The number of hydrogen-bond acceptors (Lipinski definition) is 4. The van der Waals surface area contributed by atoms with Crippen molar-refractivity contribution in [3.63, 3.8) is 0 Å². The van der Waals surface area contributed by atoms with Crippen molar-refractivity contribution in [2.24, 2.45) is 5.92 Å². The first kappa shape index (κ1) is 14.2. The molecule has 2 N–H and O–H groups in total. The first-order chi connectivity index (χ1) is 9.63. The molecule has 0 unspecified atom stereocenters. The molecule has 1 aliphatic carbocycles.